The number of rotatable bonds is 5. The van der Waals surface area contributed by atoms with Gasteiger partial charge in [-0.3, -0.25) is 14.0 Å². The van der Waals surface area contributed by atoms with Gasteiger partial charge in [-0.15, -0.1) is 0 Å². The SMILES string of the molecule is Cc1nc2c(C)cccn2c1C(O)=C1C(=O)C(=O)N(CCN(C)C)[C@@H]1c1ccc(C(C)(C)C)cc1. The van der Waals surface area contributed by atoms with E-state index >= 15 is 0 Å². The van der Waals surface area contributed by atoms with E-state index in [0.717, 1.165) is 16.7 Å². The Labute approximate surface area is 206 Å². The smallest absolute Gasteiger partial charge is 0.295 e. The lowest BCUT2D eigenvalue weighted by Crippen LogP contribution is -2.35. The summed E-state index contributed by atoms with van der Waals surface area (Å²) in [5.41, 5.74) is 4.71. The average molecular weight is 475 g/mol. The minimum atomic E-state index is -0.682. The van der Waals surface area contributed by atoms with Gasteiger partial charge < -0.3 is 14.9 Å². The highest BCUT2D eigenvalue weighted by Crippen LogP contribution is 2.40. The lowest BCUT2D eigenvalue weighted by molar-refractivity contribution is -0.140. The van der Waals surface area contributed by atoms with E-state index in [1.807, 2.05) is 68.5 Å². The average Bonchev–Trinajstić information content (AvgIpc) is 3.26. The minimum Gasteiger partial charge on any atom is -0.505 e. The number of ketones is 1. The molecule has 0 bridgehead atoms. The molecule has 0 spiro atoms. The normalized spacial score (nSPS) is 18.3. The number of amides is 1. The third-order valence-corrected chi connectivity index (χ3v) is 6.66. The largest absolute Gasteiger partial charge is 0.505 e. The van der Waals surface area contributed by atoms with Crippen molar-refractivity contribution in [2.45, 2.75) is 46.1 Å². The Bertz CT molecular complexity index is 1330. The van der Waals surface area contributed by atoms with Crippen molar-refractivity contribution < 1.29 is 14.7 Å². The lowest BCUT2D eigenvalue weighted by atomic mass is 9.85. The maximum atomic E-state index is 13.4. The summed E-state index contributed by atoms with van der Waals surface area (Å²) < 4.78 is 1.78. The number of benzene rings is 1. The van der Waals surface area contributed by atoms with Gasteiger partial charge in [-0.2, -0.15) is 0 Å². The maximum Gasteiger partial charge on any atom is 0.295 e. The van der Waals surface area contributed by atoms with Gasteiger partial charge in [0.15, 0.2) is 5.76 Å². The Kier molecular flexibility index (Phi) is 6.32. The number of hydrogen-bond donors (Lipinski definition) is 1. The molecule has 1 atom stereocenters. The van der Waals surface area contributed by atoms with Crippen LogP contribution in [0.2, 0.25) is 0 Å². The monoisotopic (exact) mass is 474 g/mol. The number of imidazole rings is 1. The predicted molar refractivity (Wildman–Crippen MR) is 137 cm³/mol. The van der Waals surface area contributed by atoms with E-state index in [1.165, 1.54) is 0 Å². The number of aliphatic hydroxyl groups excluding tert-OH is 1. The number of likely N-dealkylation sites (N-methyl/N-ethyl adjacent to an activating group) is 1. The number of aromatic nitrogens is 2. The van der Waals surface area contributed by atoms with Crippen LogP contribution in [0.4, 0.5) is 0 Å². The molecular weight excluding hydrogens is 440 g/mol. The third-order valence-electron chi connectivity index (χ3n) is 6.66. The number of aliphatic hydroxyl groups is 1. The highest BCUT2D eigenvalue weighted by atomic mass is 16.3. The second-order valence-corrected chi connectivity index (χ2v) is 10.6. The Balaban J connectivity index is 1.92. The quantitative estimate of drug-likeness (QED) is 0.340. The van der Waals surface area contributed by atoms with Crippen LogP contribution in [0.15, 0.2) is 48.2 Å². The van der Waals surface area contributed by atoms with Crippen molar-refractivity contribution in [3.63, 3.8) is 0 Å². The number of pyridine rings is 1. The molecule has 1 aliphatic rings. The van der Waals surface area contributed by atoms with Crippen molar-refractivity contribution in [3.05, 3.63) is 76.2 Å². The van der Waals surface area contributed by atoms with Crippen LogP contribution in [-0.4, -0.2) is 63.2 Å². The lowest BCUT2D eigenvalue weighted by Gasteiger charge is -2.27. The zero-order chi connectivity index (χ0) is 25.7. The molecule has 0 unspecified atom stereocenters. The summed E-state index contributed by atoms with van der Waals surface area (Å²) in [7, 11) is 3.85. The van der Waals surface area contributed by atoms with E-state index in [9.17, 15) is 14.7 Å². The van der Waals surface area contributed by atoms with Crippen LogP contribution in [0, 0.1) is 13.8 Å². The molecule has 0 saturated carbocycles. The van der Waals surface area contributed by atoms with Gasteiger partial charge in [0.2, 0.25) is 0 Å². The van der Waals surface area contributed by atoms with Crippen LogP contribution in [0.3, 0.4) is 0 Å². The van der Waals surface area contributed by atoms with Gasteiger partial charge in [0, 0.05) is 19.3 Å². The van der Waals surface area contributed by atoms with Crippen molar-refractivity contribution in [2.24, 2.45) is 0 Å². The number of likely N-dealkylation sites (tertiary alicyclic amines) is 1. The van der Waals surface area contributed by atoms with Crippen LogP contribution < -0.4 is 0 Å². The van der Waals surface area contributed by atoms with Crippen molar-refractivity contribution in [1.82, 2.24) is 19.2 Å². The van der Waals surface area contributed by atoms with Crippen LogP contribution >= 0.6 is 0 Å². The van der Waals surface area contributed by atoms with Gasteiger partial charge in [-0.1, -0.05) is 51.1 Å². The molecule has 35 heavy (non-hydrogen) atoms. The van der Waals surface area contributed by atoms with Gasteiger partial charge in [0.1, 0.15) is 11.3 Å². The van der Waals surface area contributed by atoms with Gasteiger partial charge >= 0.3 is 0 Å². The first-order chi connectivity index (χ1) is 16.4. The molecule has 1 aliphatic heterocycles. The molecule has 1 aromatic carbocycles. The molecule has 184 valence electrons. The van der Waals surface area contributed by atoms with Crippen LogP contribution in [0.5, 0.6) is 0 Å². The number of fused-ring (bicyclic) bond motifs is 1. The Morgan fingerprint density at radius 2 is 1.74 bits per heavy atom. The van der Waals surface area contributed by atoms with E-state index in [-0.39, 0.29) is 16.7 Å². The van der Waals surface area contributed by atoms with E-state index in [2.05, 4.69) is 25.8 Å². The number of Topliss-reactive ketones (excluding diaryl/α,β-unsaturated/α-hetero) is 1. The van der Waals surface area contributed by atoms with E-state index in [1.54, 1.807) is 16.2 Å². The summed E-state index contributed by atoms with van der Waals surface area (Å²) in [4.78, 5) is 34.7. The van der Waals surface area contributed by atoms with Gasteiger partial charge in [-0.25, -0.2) is 4.98 Å². The highest BCUT2D eigenvalue weighted by molar-refractivity contribution is 6.46. The summed E-state index contributed by atoms with van der Waals surface area (Å²) in [6.45, 7) is 11.1. The predicted octanol–water partition coefficient (Wildman–Crippen LogP) is 4.23. The van der Waals surface area contributed by atoms with Crippen LogP contribution in [0.25, 0.3) is 11.4 Å². The third kappa shape index (κ3) is 4.36. The molecule has 0 aliphatic carbocycles. The molecule has 4 rings (SSSR count). The van der Waals surface area contributed by atoms with Gasteiger partial charge in [-0.05, 0) is 56.1 Å². The molecule has 3 aromatic rings. The number of nitrogens with zero attached hydrogens (tertiary/aromatic N) is 4. The van der Waals surface area contributed by atoms with E-state index in [4.69, 9.17) is 0 Å². The second kappa shape index (κ2) is 8.96. The first kappa shape index (κ1) is 24.7. The van der Waals surface area contributed by atoms with E-state index < -0.39 is 17.7 Å². The summed E-state index contributed by atoms with van der Waals surface area (Å²) in [5.74, 6) is -1.47. The van der Waals surface area contributed by atoms with Crippen molar-refractivity contribution >= 4 is 23.1 Å². The molecule has 3 heterocycles. The summed E-state index contributed by atoms with van der Waals surface area (Å²) in [6.07, 6.45) is 1.81. The fourth-order valence-electron chi connectivity index (χ4n) is 4.66. The minimum absolute atomic E-state index is 0.0310. The molecule has 7 nitrogen and oxygen atoms in total. The topological polar surface area (TPSA) is 78.1 Å². The summed E-state index contributed by atoms with van der Waals surface area (Å²) in [5, 5.41) is 11.6. The standard InChI is InChI=1S/C28H34N4O3/c1-17-9-8-14-31-22(18(2)29-26(17)31)24(33)21-23(19-10-12-20(13-11-19)28(3,4)5)32(16-15-30(6)7)27(35)25(21)34/h8-14,23,33H,15-16H2,1-7H3/t23-/m1/s1. The Hall–Kier alpha value is -3.45. The fraction of sp³-hybridized carbons (Fsp3) is 0.393. The van der Waals surface area contributed by atoms with E-state index in [0.29, 0.717) is 30.1 Å². The molecule has 1 N–H and O–H groups in total. The first-order valence-corrected chi connectivity index (χ1v) is 11.9. The Morgan fingerprint density at radius 1 is 1.09 bits per heavy atom. The second-order valence-electron chi connectivity index (χ2n) is 10.6. The highest BCUT2D eigenvalue weighted by Gasteiger charge is 2.46. The molecule has 1 fully saturated rings. The van der Waals surface area contributed by atoms with Gasteiger partial charge in [0.25, 0.3) is 11.7 Å². The van der Waals surface area contributed by atoms with Crippen molar-refractivity contribution in [2.75, 3.05) is 27.2 Å². The summed E-state index contributed by atoms with van der Waals surface area (Å²) in [6, 6.07) is 11.1. The fourth-order valence-corrected chi connectivity index (χ4v) is 4.66. The maximum absolute atomic E-state index is 13.4. The first-order valence-electron chi connectivity index (χ1n) is 11.9. The Morgan fingerprint density at radius 3 is 2.34 bits per heavy atom. The van der Waals surface area contributed by atoms with Gasteiger partial charge in [0.05, 0.1) is 17.3 Å². The molecule has 1 saturated heterocycles. The number of aryl methyl sites for hydroxylation is 2. The molecule has 2 aromatic heterocycles. The number of carbonyl (C=O) groups excluding carboxylic acids is 2. The van der Waals surface area contributed by atoms with Crippen molar-refractivity contribution in [3.8, 4) is 0 Å². The molecule has 7 heteroatoms. The zero-order valence-corrected chi connectivity index (χ0v) is 21.6. The molecule has 0 radical (unpaired) electrons. The molecular formula is C28H34N4O3. The van der Waals surface area contributed by atoms with Crippen LogP contribution in [0.1, 0.15) is 54.9 Å². The number of carbonyl (C=O) groups is 2. The van der Waals surface area contributed by atoms with Crippen molar-refractivity contribution in [1.29, 1.82) is 0 Å². The summed E-state index contributed by atoms with van der Waals surface area (Å²) >= 11 is 0. The van der Waals surface area contributed by atoms with Crippen LogP contribution in [-0.2, 0) is 15.0 Å². The zero-order valence-electron chi connectivity index (χ0n) is 21.6. The molecule has 1 amide bonds. The number of hydrogen-bond acceptors (Lipinski definition) is 5.